The Morgan fingerprint density at radius 3 is 0.688 bits per heavy atom. The Kier molecular flexibility index (Phi) is 113. The third-order valence-electron chi connectivity index (χ3n) is 4.40. The summed E-state index contributed by atoms with van der Waals surface area (Å²) in [7, 11) is 2.00. The van der Waals surface area contributed by atoms with Crippen molar-refractivity contribution in [3.8, 4) is 0 Å². The van der Waals surface area contributed by atoms with Gasteiger partial charge in [-0.05, 0) is 12.2 Å². The minimum Gasteiger partial charge on any atom is -0.377 e. The lowest BCUT2D eigenvalue weighted by molar-refractivity contribution is -0.171. The quantitative estimate of drug-likeness (QED) is 0.0691. The van der Waals surface area contributed by atoms with Crippen LogP contribution in [0.15, 0.2) is 128 Å². The third-order valence-corrected chi connectivity index (χ3v) is 4.40. The van der Waals surface area contributed by atoms with Gasteiger partial charge in [-0.15, -0.1) is 59.2 Å². The Hall–Kier alpha value is -4.82. The first kappa shape index (κ1) is 112. The zero-order valence-corrected chi connectivity index (χ0v) is 42.2. The van der Waals surface area contributed by atoms with Crippen molar-refractivity contribution in [3.63, 3.8) is 0 Å². The Morgan fingerprint density at radius 1 is 0.364 bits per heavy atom. The molecule has 0 rings (SSSR count). The highest BCUT2D eigenvalue weighted by molar-refractivity contribution is 5.09. The van der Waals surface area contributed by atoms with Gasteiger partial charge < -0.3 is 14.2 Å². The first-order chi connectivity index (χ1) is 35.3. The van der Waals surface area contributed by atoms with E-state index in [4.69, 9.17) is 9.15 Å². The van der Waals surface area contributed by atoms with Crippen LogP contribution >= 0.6 is 0 Å². The minimum absolute atomic E-state index is 0.0234. The van der Waals surface area contributed by atoms with Gasteiger partial charge in [0, 0.05) is 21.6 Å². The summed E-state index contributed by atoms with van der Waals surface area (Å²) >= 11 is 0. The van der Waals surface area contributed by atoms with Gasteiger partial charge in [0.2, 0.25) is 0 Å². The van der Waals surface area contributed by atoms with Gasteiger partial charge in [0.25, 0.3) is 29.6 Å². The monoisotopic (exact) mass is 1210 g/mol. The highest BCUT2D eigenvalue weighted by atomic mass is 20.0. The average Bonchev–Trinajstić information content (AvgIpc) is 3.42. The Bertz CT molecular complexity index is 1130. The molecule has 77 heavy (non-hydrogen) atoms. The number of rotatable bonds is 20. The van der Waals surface area contributed by atoms with Crippen molar-refractivity contribution < 1.29 is 146 Å². The van der Waals surface area contributed by atoms with Crippen LogP contribution in [-0.4, -0.2) is 150 Å². The molecule has 0 aromatic rings. The molecule has 0 heterocycles. The number of hydrogen-bond donors (Lipinski definition) is 0. The molecule has 0 N–H and O–H groups in total. The standard InChI is InChI=1S/C7H11F3O.2C6H9F3O.C4H2F6.2C4H5F3.C3H3F3.3C2H4.4CH3F.F2/c1-2-4-11-5-3-7(9,10)6-8;2*1-2-3-10-5-6(8,9)4-7;1-2(3(5,6)7)4(8,9)10;2*1-2-4(6,7)3-5;1-2-3(4,5)6;8*1-2/h2H,1,3-6H2;2*2H,1,3-5H2;1H2;2*2H,1,3H2;2H,1H2;3*1-2H2;4*1H3;. The predicted octanol–water partition coefficient (Wildman–Crippen LogP) is 19.3. The molecule has 33 heteroatoms. The van der Waals surface area contributed by atoms with Crippen LogP contribution in [0.3, 0.4) is 0 Å². The molecule has 0 spiro atoms. The molecule has 0 saturated carbocycles. The maximum absolute atomic E-state index is 12.1. The maximum Gasteiger partial charge on any atom is 0.420 e. The van der Waals surface area contributed by atoms with Gasteiger partial charge in [-0.2, -0.15) is 57.1 Å². The van der Waals surface area contributed by atoms with E-state index >= 15 is 0 Å². The molecule has 0 aromatic carbocycles. The van der Waals surface area contributed by atoms with Crippen LogP contribution in [0.5, 0.6) is 0 Å². The van der Waals surface area contributed by atoms with Crippen molar-refractivity contribution >= 4 is 0 Å². The predicted molar refractivity (Wildman–Crippen MR) is 244 cm³/mol. The fraction of sp³-hybridized carbons (Fsp3) is 0.545. The van der Waals surface area contributed by atoms with Crippen LogP contribution < -0.4 is 0 Å². The van der Waals surface area contributed by atoms with Crippen molar-refractivity contribution in [2.75, 3.05) is 102 Å². The van der Waals surface area contributed by atoms with Gasteiger partial charge in [0.05, 0.1) is 55.1 Å². The summed E-state index contributed by atoms with van der Waals surface area (Å²) in [5.41, 5.74) is -2.68. The number of alkyl halides is 28. The van der Waals surface area contributed by atoms with E-state index in [2.05, 4.69) is 93.2 Å². The van der Waals surface area contributed by atoms with E-state index in [-0.39, 0.29) is 44.7 Å². The topological polar surface area (TPSA) is 27.7 Å². The highest BCUT2D eigenvalue weighted by Gasteiger charge is 2.49. The summed E-state index contributed by atoms with van der Waals surface area (Å²) in [6.45, 7) is 27.7. The summed E-state index contributed by atoms with van der Waals surface area (Å²) in [4.78, 5) is 0. The van der Waals surface area contributed by atoms with Crippen molar-refractivity contribution in [1.82, 2.24) is 0 Å². The van der Waals surface area contributed by atoms with Crippen molar-refractivity contribution in [3.05, 3.63) is 128 Å². The van der Waals surface area contributed by atoms with Crippen LogP contribution in [-0.2, 0) is 14.2 Å². The number of allylic oxidation sites excluding steroid dienone is 4. The molecule has 0 aromatic heterocycles. The van der Waals surface area contributed by atoms with Gasteiger partial charge >= 0.3 is 18.5 Å². The van der Waals surface area contributed by atoms with Crippen LogP contribution in [0.1, 0.15) is 6.42 Å². The van der Waals surface area contributed by atoms with E-state index in [0.717, 1.165) is 0 Å². The summed E-state index contributed by atoms with van der Waals surface area (Å²) in [5, 5.41) is 0. The molecular formula is C44H68F30O3. The van der Waals surface area contributed by atoms with Gasteiger partial charge in [-0.25, -0.2) is 48.3 Å². The summed E-state index contributed by atoms with van der Waals surface area (Å²) < 4.78 is 340. The normalized spacial score (nSPS) is 9.84. The lowest BCUT2D eigenvalue weighted by Crippen LogP contribution is -2.25. The van der Waals surface area contributed by atoms with E-state index in [1.807, 2.05) is 6.58 Å². The van der Waals surface area contributed by atoms with Crippen molar-refractivity contribution in [1.29, 1.82) is 0 Å². The van der Waals surface area contributed by atoms with Crippen molar-refractivity contribution in [2.45, 2.75) is 54.6 Å². The third kappa shape index (κ3) is 135. The second kappa shape index (κ2) is 77.7. The molecule has 0 aliphatic heterocycles. The molecule has 0 bridgehead atoms. The van der Waals surface area contributed by atoms with Crippen LogP contribution in [0, 0.1) is 0 Å². The van der Waals surface area contributed by atoms with Gasteiger partial charge in [0.1, 0.15) is 18.8 Å². The maximum atomic E-state index is 12.1. The number of ether oxygens (including phenoxy) is 3. The second-order valence-corrected chi connectivity index (χ2v) is 10.1. The zero-order chi connectivity index (χ0) is 66.4. The summed E-state index contributed by atoms with van der Waals surface area (Å²) in [5.74, 6) is -16.6. The molecule has 0 atom stereocenters. The Balaban J connectivity index is -0.0000000431. The first-order valence-electron chi connectivity index (χ1n) is 18.5. The number of halogens is 30. The molecule has 0 aliphatic carbocycles. The lowest BCUT2D eigenvalue weighted by atomic mass is 10.3. The van der Waals surface area contributed by atoms with E-state index in [0.29, 0.717) is 28.7 Å². The average molecular weight is 1210 g/mol. The molecule has 0 fully saturated rings. The van der Waals surface area contributed by atoms with E-state index in [9.17, 15) is 123 Å². The first-order valence-corrected chi connectivity index (χ1v) is 18.5. The Morgan fingerprint density at radius 2 is 0.571 bits per heavy atom. The van der Waals surface area contributed by atoms with E-state index < -0.39 is 107 Å². The highest BCUT2D eigenvalue weighted by Crippen LogP contribution is 2.36. The van der Waals surface area contributed by atoms with Gasteiger partial charge in [-0.3, -0.25) is 17.6 Å². The molecular weight excluding hydrogens is 1150 g/mol. The lowest BCUT2D eigenvalue weighted by Gasteiger charge is -2.12. The summed E-state index contributed by atoms with van der Waals surface area (Å²) in [6, 6.07) is 0. The summed E-state index contributed by atoms with van der Waals surface area (Å²) in [6.07, 6.45) is -10.9. The SMILES string of the molecule is C=C.C=C.C=C.C=C(C(F)(F)F)C(F)(F)F.C=CC(F)(F)CF.C=CC(F)(F)CF.C=CC(F)(F)F.C=CCOCC(F)(F)CF.C=CCOCC(F)(F)CF.C=CCOCCC(F)(F)CF.CF.CF.CF.CF.FF. The molecule has 0 amide bonds. The minimum atomic E-state index is -5.38. The van der Waals surface area contributed by atoms with Crippen LogP contribution in [0.2, 0.25) is 0 Å². The Labute approximate surface area is 430 Å². The van der Waals surface area contributed by atoms with Crippen LogP contribution in [0.4, 0.5) is 132 Å². The van der Waals surface area contributed by atoms with Gasteiger partial charge in [0.15, 0.2) is 33.4 Å². The fourth-order valence-corrected chi connectivity index (χ4v) is 1.39. The largest absolute Gasteiger partial charge is 0.420 e. The van der Waals surface area contributed by atoms with E-state index in [1.54, 1.807) is 0 Å². The second-order valence-electron chi connectivity index (χ2n) is 10.1. The molecule has 3 nitrogen and oxygen atoms in total. The van der Waals surface area contributed by atoms with Crippen LogP contribution in [0.25, 0.3) is 0 Å². The zero-order valence-electron chi connectivity index (χ0n) is 42.2. The molecule has 0 saturated heterocycles. The molecule has 0 unspecified atom stereocenters. The molecule has 472 valence electrons. The van der Waals surface area contributed by atoms with Gasteiger partial charge in [-0.1, -0.05) is 44.5 Å². The smallest absolute Gasteiger partial charge is 0.377 e. The molecule has 0 radical (unpaired) electrons. The molecule has 0 aliphatic rings. The van der Waals surface area contributed by atoms with Crippen molar-refractivity contribution in [2.24, 2.45) is 0 Å². The number of hydrogen-bond acceptors (Lipinski definition) is 3. The fourth-order valence-electron chi connectivity index (χ4n) is 1.39. The van der Waals surface area contributed by atoms with E-state index in [1.165, 1.54) is 18.2 Å².